The quantitative estimate of drug-likeness (QED) is 0.522. The van der Waals surface area contributed by atoms with Crippen LogP contribution in [0, 0.1) is 11.8 Å². The van der Waals surface area contributed by atoms with Gasteiger partial charge in [0.2, 0.25) is 11.8 Å². The van der Waals surface area contributed by atoms with E-state index in [2.05, 4.69) is 13.2 Å². The van der Waals surface area contributed by atoms with Crippen molar-refractivity contribution < 1.29 is 14.3 Å². The van der Waals surface area contributed by atoms with Crippen LogP contribution in [0.3, 0.4) is 0 Å². The highest BCUT2D eigenvalue weighted by molar-refractivity contribution is 6.06. The molecular weight excluding hydrogens is 206 g/mol. The molecule has 4 nitrogen and oxygen atoms in total. The minimum absolute atomic E-state index is 0.147. The molecule has 4 atom stereocenters. The Bertz CT molecular complexity index is 331. The van der Waals surface area contributed by atoms with E-state index in [9.17, 15) is 9.59 Å². The van der Waals surface area contributed by atoms with Crippen LogP contribution in [0.2, 0.25) is 0 Å². The van der Waals surface area contributed by atoms with E-state index in [1.165, 1.54) is 4.90 Å². The van der Waals surface area contributed by atoms with Crippen LogP contribution in [0.4, 0.5) is 0 Å². The lowest BCUT2D eigenvalue weighted by molar-refractivity contribution is -0.142. The molecule has 0 N–H and O–H groups in total. The molecule has 2 heterocycles. The van der Waals surface area contributed by atoms with Crippen LogP contribution in [0.1, 0.15) is 6.92 Å². The molecule has 2 rings (SSSR count). The van der Waals surface area contributed by atoms with Gasteiger partial charge in [0.1, 0.15) is 0 Å². The van der Waals surface area contributed by atoms with E-state index in [0.29, 0.717) is 6.54 Å². The summed E-state index contributed by atoms with van der Waals surface area (Å²) in [5, 5.41) is 0. The van der Waals surface area contributed by atoms with Crippen molar-refractivity contribution in [3.63, 3.8) is 0 Å². The Hall–Kier alpha value is -1.42. The van der Waals surface area contributed by atoms with Gasteiger partial charge in [-0.2, -0.15) is 0 Å². The van der Waals surface area contributed by atoms with Crippen molar-refractivity contribution in [3.8, 4) is 0 Å². The maximum Gasteiger partial charge on any atom is 0.236 e. The van der Waals surface area contributed by atoms with E-state index in [1.807, 2.05) is 0 Å². The van der Waals surface area contributed by atoms with Gasteiger partial charge in [0.25, 0.3) is 0 Å². The minimum Gasteiger partial charge on any atom is -0.365 e. The lowest BCUT2D eigenvalue weighted by Crippen LogP contribution is -2.35. The average Bonchev–Trinajstić information content (AvgIpc) is 2.77. The highest BCUT2D eigenvalue weighted by Crippen LogP contribution is 2.41. The Morgan fingerprint density at radius 2 is 1.62 bits per heavy atom. The first-order valence-electron chi connectivity index (χ1n) is 5.41. The number of carbonyl (C=O) groups excluding carboxylic acids is 2. The number of likely N-dealkylation sites (tertiary alicyclic amines) is 1. The van der Waals surface area contributed by atoms with Crippen LogP contribution >= 0.6 is 0 Å². The average molecular weight is 221 g/mol. The van der Waals surface area contributed by atoms with Gasteiger partial charge in [0.15, 0.2) is 0 Å². The van der Waals surface area contributed by atoms with Gasteiger partial charge in [-0.25, -0.2) is 0 Å². The summed E-state index contributed by atoms with van der Waals surface area (Å²) in [6.45, 7) is 9.49. The van der Waals surface area contributed by atoms with Crippen molar-refractivity contribution in [1.82, 2.24) is 4.90 Å². The molecule has 0 aromatic carbocycles. The molecule has 0 unspecified atom stereocenters. The second kappa shape index (κ2) is 3.87. The van der Waals surface area contributed by atoms with Gasteiger partial charge in [-0.3, -0.25) is 14.5 Å². The van der Waals surface area contributed by atoms with E-state index in [-0.39, 0.29) is 24.0 Å². The zero-order valence-corrected chi connectivity index (χ0v) is 9.26. The second-order valence-electron chi connectivity index (χ2n) is 4.01. The molecule has 2 aliphatic rings. The molecule has 2 saturated heterocycles. The second-order valence-corrected chi connectivity index (χ2v) is 4.01. The van der Waals surface area contributed by atoms with Crippen molar-refractivity contribution in [1.29, 1.82) is 0 Å². The van der Waals surface area contributed by atoms with Crippen molar-refractivity contribution in [2.24, 2.45) is 11.8 Å². The predicted molar refractivity (Wildman–Crippen MR) is 58.4 cm³/mol. The lowest BCUT2D eigenvalue weighted by Gasteiger charge is -2.17. The number of hydrogen-bond donors (Lipinski definition) is 0. The maximum atomic E-state index is 12.0. The van der Waals surface area contributed by atoms with E-state index >= 15 is 0 Å². The maximum absolute atomic E-state index is 12.0. The first kappa shape index (κ1) is 11.1. The molecule has 2 aliphatic heterocycles. The highest BCUT2D eigenvalue weighted by Gasteiger charge is 2.57. The molecule has 0 aromatic rings. The molecular formula is C12H15NO3. The number of rotatable bonds is 3. The molecule has 0 bridgehead atoms. The van der Waals surface area contributed by atoms with E-state index in [4.69, 9.17) is 4.74 Å². The zero-order valence-electron chi connectivity index (χ0n) is 9.26. The number of imide groups is 1. The summed E-state index contributed by atoms with van der Waals surface area (Å²) in [4.78, 5) is 25.3. The van der Waals surface area contributed by atoms with Crippen LogP contribution in [0.5, 0.6) is 0 Å². The summed E-state index contributed by atoms with van der Waals surface area (Å²) in [5.74, 6) is -1.11. The van der Waals surface area contributed by atoms with E-state index in [0.717, 1.165) is 0 Å². The Kier molecular flexibility index (Phi) is 2.68. The summed E-state index contributed by atoms with van der Waals surface area (Å²) in [7, 11) is 0. The number of amides is 2. The molecule has 4 heteroatoms. The van der Waals surface area contributed by atoms with Crippen LogP contribution in [-0.4, -0.2) is 35.5 Å². The van der Waals surface area contributed by atoms with Crippen LogP contribution in [0.15, 0.2) is 25.3 Å². The molecule has 0 saturated carbocycles. The molecule has 2 amide bonds. The fourth-order valence-corrected chi connectivity index (χ4v) is 2.53. The number of hydrogen-bond acceptors (Lipinski definition) is 3. The Morgan fingerprint density at radius 3 is 1.94 bits per heavy atom. The van der Waals surface area contributed by atoms with Crippen molar-refractivity contribution in [3.05, 3.63) is 25.3 Å². The number of fused-ring (bicyclic) bond motifs is 1. The van der Waals surface area contributed by atoms with Gasteiger partial charge in [0.05, 0.1) is 24.0 Å². The molecule has 0 aromatic heterocycles. The van der Waals surface area contributed by atoms with E-state index < -0.39 is 11.8 Å². The van der Waals surface area contributed by atoms with Crippen molar-refractivity contribution in [2.45, 2.75) is 19.1 Å². The smallest absolute Gasteiger partial charge is 0.236 e. The molecule has 2 fully saturated rings. The van der Waals surface area contributed by atoms with Gasteiger partial charge in [-0.15, -0.1) is 13.2 Å². The normalized spacial score (nSPS) is 37.7. The largest absolute Gasteiger partial charge is 0.365 e. The standard InChI is InChI=1S/C12H15NO3/c1-4-7-9-10(8(5-2)16-7)12(15)13(6-3)11(9)14/h4-5,7-10H,1-2,6H2,3H3/t7-,8+,9+,10-. The summed E-state index contributed by atoms with van der Waals surface area (Å²) < 4.78 is 5.56. The highest BCUT2D eigenvalue weighted by atomic mass is 16.5. The predicted octanol–water partition coefficient (Wildman–Crippen LogP) is 0.747. The fraction of sp³-hybridized carbons (Fsp3) is 0.500. The molecule has 16 heavy (non-hydrogen) atoms. The van der Waals surface area contributed by atoms with Crippen LogP contribution in [0.25, 0.3) is 0 Å². The summed E-state index contributed by atoms with van der Waals surface area (Å²) in [6.07, 6.45) is 2.43. The van der Waals surface area contributed by atoms with Gasteiger partial charge in [0, 0.05) is 6.54 Å². The van der Waals surface area contributed by atoms with Crippen molar-refractivity contribution >= 4 is 11.8 Å². The topological polar surface area (TPSA) is 46.6 Å². The summed E-state index contributed by atoms with van der Waals surface area (Å²) in [5.41, 5.74) is 0. The third-order valence-electron chi connectivity index (χ3n) is 3.29. The fourth-order valence-electron chi connectivity index (χ4n) is 2.53. The number of carbonyl (C=O) groups is 2. The Balaban J connectivity index is 2.37. The van der Waals surface area contributed by atoms with Crippen LogP contribution in [-0.2, 0) is 14.3 Å². The van der Waals surface area contributed by atoms with Crippen LogP contribution < -0.4 is 0 Å². The first-order chi connectivity index (χ1) is 7.65. The summed E-state index contributed by atoms with van der Waals surface area (Å²) in [6, 6.07) is 0. The number of nitrogens with zero attached hydrogens (tertiary/aromatic N) is 1. The lowest BCUT2D eigenvalue weighted by atomic mass is 9.89. The van der Waals surface area contributed by atoms with Crippen molar-refractivity contribution in [2.75, 3.05) is 6.54 Å². The first-order valence-corrected chi connectivity index (χ1v) is 5.41. The van der Waals surface area contributed by atoms with Gasteiger partial charge >= 0.3 is 0 Å². The van der Waals surface area contributed by atoms with Gasteiger partial charge in [-0.1, -0.05) is 12.2 Å². The third-order valence-corrected chi connectivity index (χ3v) is 3.29. The number of ether oxygens (including phenoxy) is 1. The Morgan fingerprint density at radius 1 is 1.19 bits per heavy atom. The zero-order chi connectivity index (χ0) is 11.9. The monoisotopic (exact) mass is 221 g/mol. The minimum atomic E-state index is -0.409. The molecule has 0 spiro atoms. The third kappa shape index (κ3) is 1.26. The molecule has 0 radical (unpaired) electrons. The Labute approximate surface area is 94.6 Å². The molecule has 0 aliphatic carbocycles. The summed E-state index contributed by atoms with van der Waals surface area (Å²) >= 11 is 0. The van der Waals surface area contributed by atoms with E-state index in [1.54, 1.807) is 19.1 Å². The molecule has 86 valence electrons. The van der Waals surface area contributed by atoms with Gasteiger partial charge < -0.3 is 4.74 Å². The van der Waals surface area contributed by atoms with Gasteiger partial charge in [-0.05, 0) is 6.92 Å². The SMILES string of the molecule is C=C[C@@H]1O[C@H](C=C)[C@@H]2C(=O)N(CC)C(=O)[C@@H]21.